The van der Waals surface area contributed by atoms with Gasteiger partial charge < -0.3 is 23.2 Å². The first-order chi connectivity index (χ1) is 15.3. The topological polar surface area (TPSA) is 90.8 Å². The van der Waals surface area contributed by atoms with E-state index in [1.807, 2.05) is 24.3 Å². The molecule has 5 rings (SSSR count). The molecule has 0 bridgehead atoms. The summed E-state index contributed by atoms with van der Waals surface area (Å²) in [4.78, 5) is 14.9. The maximum atomic E-state index is 13.0. The highest BCUT2D eigenvalue weighted by atomic mass is 32.2. The van der Waals surface area contributed by atoms with Crippen molar-refractivity contribution in [2.75, 3.05) is 12.5 Å². The molecule has 0 fully saturated rings. The molecule has 8 nitrogen and oxygen atoms in total. The lowest BCUT2D eigenvalue weighted by Crippen LogP contribution is -2.32. The lowest BCUT2D eigenvalue weighted by molar-refractivity contribution is -0.127. The van der Waals surface area contributed by atoms with Crippen molar-refractivity contribution in [1.82, 2.24) is 15.1 Å². The minimum absolute atomic E-state index is 0.0163. The first kappa shape index (κ1) is 19.7. The Morgan fingerprint density at radius 2 is 2.06 bits per heavy atom. The van der Waals surface area contributed by atoms with Crippen LogP contribution in [0.1, 0.15) is 31.4 Å². The second-order valence-electron chi connectivity index (χ2n) is 7.23. The van der Waals surface area contributed by atoms with E-state index < -0.39 is 0 Å². The van der Waals surface area contributed by atoms with Crippen molar-refractivity contribution in [3.63, 3.8) is 0 Å². The van der Waals surface area contributed by atoms with Gasteiger partial charge >= 0.3 is 0 Å². The molecule has 9 heteroatoms. The first-order valence-corrected chi connectivity index (χ1v) is 11.1. The van der Waals surface area contributed by atoms with E-state index in [2.05, 4.69) is 16.3 Å². The summed E-state index contributed by atoms with van der Waals surface area (Å²) in [6, 6.07) is 9.16. The Hall–Kier alpha value is -3.20. The zero-order valence-electron chi connectivity index (χ0n) is 16.8. The van der Waals surface area contributed by atoms with E-state index in [-0.39, 0.29) is 18.5 Å². The molecule has 0 unspecified atom stereocenters. The van der Waals surface area contributed by atoms with Gasteiger partial charge in [-0.15, -0.1) is 10.2 Å². The molecule has 1 aliphatic heterocycles. The molecule has 0 spiro atoms. The molecule has 0 radical (unpaired) electrons. The maximum Gasteiger partial charge on any atom is 0.277 e. The average molecular weight is 439 g/mol. The van der Waals surface area contributed by atoms with Crippen LogP contribution in [0.4, 0.5) is 0 Å². The number of carbonyl (C=O) groups is 1. The van der Waals surface area contributed by atoms with Gasteiger partial charge in [-0.25, -0.2) is 0 Å². The minimum atomic E-state index is -0.0163. The summed E-state index contributed by atoms with van der Waals surface area (Å²) >= 11 is 1.23. The van der Waals surface area contributed by atoms with Gasteiger partial charge in [-0.3, -0.25) is 4.79 Å². The summed E-state index contributed by atoms with van der Waals surface area (Å²) in [7, 11) is 0. The number of fused-ring (bicyclic) bond motifs is 1. The van der Waals surface area contributed by atoms with E-state index in [0.717, 1.165) is 42.7 Å². The number of hydrogen-bond donors (Lipinski definition) is 0. The molecule has 1 aliphatic carbocycles. The Labute approximate surface area is 183 Å². The van der Waals surface area contributed by atoms with Crippen molar-refractivity contribution in [2.45, 2.75) is 37.5 Å². The number of rotatable bonds is 7. The Balaban J connectivity index is 1.26. The fourth-order valence-electron chi connectivity index (χ4n) is 3.59. The number of carbonyl (C=O) groups excluding carboxylic acids is 1. The number of furan rings is 1. The predicted octanol–water partition coefficient (Wildman–Crippen LogP) is 4.64. The van der Waals surface area contributed by atoms with Gasteiger partial charge in [0, 0.05) is 11.3 Å². The van der Waals surface area contributed by atoms with Crippen LogP contribution in [-0.2, 0) is 11.3 Å². The number of nitrogens with zero attached hydrogens (tertiary/aromatic N) is 3. The van der Waals surface area contributed by atoms with Crippen LogP contribution < -0.4 is 9.47 Å². The highest BCUT2D eigenvalue weighted by Gasteiger charge is 2.22. The SMILES string of the molecule is O=C(CSc1nnc(-c2ccc3c(c2)OCO3)o1)N(Cc1ccco1)C1=CCCCC1. The van der Waals surface area contributed by atoms with Crippen LogP contribution in [0.15, 0.2) is 62.4 Å². The fraction of sp³-hybridized carbons (Fsp3) is 0.318. The molecular formula is C22H21N3O5S. The Bertz CT molecular complexity index is 1090. The molecule has 1 amide bonds. The summed E-state index contributed by atoms with van der Waals surface area (Å²) < 4.78 is 21.9. The second kappa shape index (κ2) is 8.89. The Kier molecular flexibility index (Phi) is 5.66. The molecule has 2 aliphatic rings. The van der Waals surface area contributed by atoms with Gasteiger partial charge in [-0.1, -0.05) is 17.8 Å². The minimum Gasteiger partial charge on any atom is -0.467 e. The summed E-state index contributed by atoms with van der Waals surface area (Å²) in [5.74, 6) is 2.65. The van der Waals surface area contributed by atoms with E-state index in [4.69, 9.17) is 18.3 Å². The monoisotopic (exact) mass is 439 g/mol. The number of amides is 1. The lowest BCUT2D eigenvalue weighted by atomic mass is 10.0. The van der Waals surface area contributed by atoms with E-state index in [0.29, 0.717) is 29.2 Å². The van der Waals surface area contributed by atoms with Gasteiger partial charge in [0.25, 0.3) is 5.22 Å². The highest BCUT2D eigenvalue weighted by Crippen LogP contribution is 2.36. The van der Waals surface area contributed by atoms with Crippen molar-refractivity contribution >= 4 is 17.7 Å². The third-order valence-electron chi connectivity index (χ3n) is 5.15. The second-order valence-corrected chi connectivity index (χ2v) is 8.16. The summed E-state index contributed by atoms with van der Waals surface area (Å²) in [6.07, 6.45) is 7.91. The third kappa shape index (κ3) is 4.46. The lowest BCUT2D eigenvalue weighted by Gasteiger charge is -2.26. The summed E-state index contributed by atoms with van der Waals surface area (Å²) in [5, 5.41) is 8.52. The van der Waals surface area contributed by atoms with Gasteiger partial charge in [0.1, 0.15) is 5.76 Å². The molecule has 0 saturated heterocycles. The molecule has 31 heavy (non-hydrogen) atoms. The fourth-order valence-corrected chi connectivity index (χ4v) is 4.23. The van der Waals surface area contributed by atoms with Crippen LogP contribution in [0.5, 0.6) is 11.5 Å². The molecule has 2 aromatic heterocycles. The van der Waals surface area contributed by atoms with Crippen molar-refractivity contribution in [3.8, 4) is 23.0 Å². The maximum absolute atomic E-state index is 13.0. The summed E-state index contributed by atoms with van der Waals surface area (Å²) in [5.41, 5.74) is 1.79. The van der Waals surface area contributed by atoms with Crippen molar-refractivity contribution in [3.05, 3.63) is 54.1 Å². The van der Waals surface area contributed by atoms with Crippen LogP contribution in [0.3, 0.4) is 0 Å². The number of benzene rings is 1. The highest BCUT2D eigenvalue weighted by molar-refractivity contribution is 7.99. The number of ether oxygens (including phenoxy) is 2. The number of hydrogen-bond acceptors (Lipinski definition) is 8. The van der Waals surface area contributed by atoms with Crippen molar-refractivity contribution < 1.29 is 23.1 Å². The van der Waals surface area contributed by atoms with E-state index >= 15 is 0 Å². The zero-order valence-corrected chi connectivity index (χ0v) is 17.6. The van der Waals surface area contributed by atoms with Gasteiger partial charge in [0.05, 0.1) is 18.6 Å². The standard InChI is InChI=1S/C22H21N3O5S/c26-20(25(12-17-7-4-10-27-17)16-5-2-1-3-6-16)13-31-22-24-23-21(30-22)15-8-9-18-19(11-15)29-14-28-18/h4-5,7-11H,1-3,6,12-14H2. The predicted molar refractivity (Wildman–Crippen MR) is 112 cm³/mol. The van der Waals surface area contributed by atoms with Crippen molar-refractivity contribution in [2.24, 2.45) is 0 Å². The van der Waals surface area contributed by atoms with Gasteiger partial charge in [-0.2, -0.15) is 0 Å². The number of thioether (sulfide) groups is 1. The zero-order chi connectivity index (χ0) is 21.0. The van der Waals surface area contributed by atoms with Crippen LogP contribution in [0, 0.1) is 0 Å². The smallest absolute Gasteiger partial charge is 0.277 e. The van der Waals surface area contributed by atoms with E-state index in [9.17, 15) is 4.79 Å². The quantitative estimate of drug-likeness (QED) is 0.492. The van der Waals surface area contributed by atoms with Crippen LogP contribution in [0.25, 0.3) is 11.5 Å². The number of aromatic nitrogens is 2. The largest absolute Gasteiger partial charge is 0.467 e. The van der Waals surface area contributed by atoms with Gasteiger partial charge in [-0.05, 0) is 56.0 Å². The molecular weight excluding hydrogens is 418 g/mol. The average Bonchev–Trinajstić information content (AvgIpc) is 3.57. The molecule has 160 valence electrons. The molecule has 1 aromatic carbocycles. The molecule has 0 atom stereocenters. The van der Waals surface area contributed by atoms with E-state index in [1.54, 1.807) is 17.2 Å². The normalized spacial score (nSPS) is 15.0. The molecule has 3 aromatic rings. The molecule has 3 heterocycles. The van der Waals surface area contributed by atoms with Crippen molar-refractivity contribution in [1.29, 1.82) is 0 Å². The first-order valence-electron chi connectivity index (χ1n) is 10.1. The van der Waals surface area contributed by atoms with Crippen LogP contribution in [-0.4, -0.2) is 33.6 Å². The molecule has 0 saturated carbocycles. The van der Waals surface area contributed by atoms with Crippen LogP contribution in [0.2, 0.25) is 0 Å². The molecule has 0 N–H and O–H groups in total. The van der Waals surface area contributed by atoms with E-state index in [1.165, 1.54) is 11.8 Å². The van der Waals surface area contributed by atoms with Gasteiger partial charge in [0.2, 0.25) is 18.6 Å². The summed E-state index contributed by atoms with van der Waals surface area (Å²) in [6.45, 7) is 0.626. The Morgan fingerprint density at radius 3 is 2.90 bits per heavy atom. The van der Waals surface area contributed by atoms with Crippen LogP contribution >= 0.6 is 11.8 Å². The third-order valence-corrected chi connectivity index (χ3v) is 5.96. The Morgan fingerprint density at radius 1 is 1.13 bits per heavy atom. The number of allylic oxidation sites excluding steroid dienone is 2. The van der Waals surface area contributed by atoms with Gasteiger partial charge in [0.15, 0.2) is 11.5 Å².